The molecule has 1 aromatic heterocycles. The van der Waals surface area contributed by atoms with Crippen molar-refractivity contribution in [1.29, 1.82) is 0 Å². The first-order chi connectivity index (χ1) is 13.8. The van der Waals surface area contributed by atoms with E-state index in [1.54, 1.807) is 24.3 Å². The number of fused-ring (bicyclic) bond motifs is 3. The van der Waals surface area contributed by atoms with E-state index in [2.05, 4.69) is 32.6 Å². The number of hydrogen-bond acceptors (Lipinski definition) is 3. The fourth-order valence-corrected chi connectivity index (χ4v) is 4.91. The Balaban J connectivity index is 1.68. The van der Waals surface area contributed by atoms with Crippen LogP contribution in [-0.2, 0) is 16.6 Å². The highest BCUT2D eigenvalue weighted by Gasteiger charge is 2.22. The number of hydrogen-bond donors (Lipinski definition) is 1. The van der Waals surface area contributed by atoms with Gasteiger partial charge in [-0.3, -0.25) is 4.31 Å². The standard InChI is InChI=1S/C22H21BrN2O3S/c1-29(27,28)25(17-12-10-16(23)11-13-17)15-18(26)14-24-21-8-4-2-6-19(21)20-7-3-5-9-22(20)24/h2-13,18,26H,14-15H2,1H3. The molecule has 4 aromatic rings. The lowest BCUT2D eigenvalue weighted by Gasteiger charge is -2.25. The summed E-state index contributed by atoms with van der Waals surface area (Å²) in [7, 11) is -3.54. The van der Waals surface area contributed by atoms with Crippen molar-refractivity contribution in [1.82, 2.24) is 4.57 Å². The van der Waals surface area contributed by atoms with Gasteiger partial charge in [-0.15, -0.1) is 0 Å². The molecule has 150 valence electrons. The van der Waals surface area contributed by atoms with Crippen molar-refractivity contribution in [2.24, 2.45) is 0 Å². The third kappa shape index (κ3) is 4.03. The second-order valence-electron chi connectivity index (χ2n) is 7.07. The molecule has 0 fully saturated rings. The number of nitrogens with zero attached hydrogens (tertiary/aromatic N) is 2. The van der Waals surface area contributed by atoms with Crippen LogP contribution in [0, 0.1) is 0 Å². The van der Waals surface area contributed by atoms with Crippen LogP contribution in [0.5, 0.6) is 0 Å². The summed E-state index contributed by atoms with van der Waals surface area (Å²) in [5, 5.41) is 13.1. The van der Waals surface area contributed by atoms with Crippen molar-refractivity contribution in [3.05, 3.63) is 77.3 Å². The number of anilines is 1. The van der Waals surface area contributed by atoms with E-state index in [9.17, 15) is 13.5 Å². The molecule has 0 spiro atoms. The summed E-state index contributed by atoms with van der Waals surface area (Å²) >= 11 is 3.36. The third-order valence-corrected chi connectivity index (χ3v) is 6.65. The fourth-order valence-electron chi connectivity index (χ4n) is 3.70. The molecule has 1 heterocycles. The summed E-state index contributed by atoms with van der Waals surface area (Å²) in [6.45, 7) is 0.262. The largest absolute Gasteiger partial charge is 0.389 e. The number of aliphatic hydroxyl groups excluding tert-OH is 1. The molecule has 1 N–H and O–H groups in total. The van der Waals surface area contributed by atoms with E-state index < -0.39 is 16.1 Å². The Labute approximate surface area is 178 Å². The number of sulfonamides is 1. The molecule has 0 aliphatic heterocycles. The molecule has 0 saturated heterocycles. The smallest absolute Gasteiger partial charge is 0.232 e. The second-order valence-corrected chi connectivity index (χ2v) is 9.89. The molecule has 1 unspecified atom stereocenters. The minimum absolute atomic E-state index is 0.0265. The van der Waals surface area contributed by atoms with E-state index in [-0.39, 0.29) is 13.1 Å². The lowest BCUT2D eigenvalue weighted by Crippen LogP contribution is -2.38. The number of aliphatic hydroxyl groups is 1. The first-order valence-corrected chi connectivity index (χ1v) is 11.9. The zero-order valence-corrected chi connectivity index (χ0v) is 18.3. The average molecular weight is 473 g/mol. The Morgan fingerprint density at radius 1 is 0.931 bits per heavy atom. The van der Waals surface area contributed by atoms with Gasteiger partial charge in [0.25, 0.3) is 0 Å². The van der Waals surface area contributed by atoms with Crippen LogP contribution in [0.2, 0.25) is 0 Å². The van der Waals surface area contributed by atoms with Gasteiger partial charge >= 0.3 is 0 Å². The molecule has 3 aromatic carbocycles. The van der Waals surface area contributed by atoms with Crippen molar-refractivity contribution in [2.45, 2.75) is 12.6 Å². The summed E-state index contributed by atoms with van der Waals surface area (Å²) in [5.74, 6) is 0. The summed E-state index contributed by atoms with van der Waals surface area (Å²) < 4.78 is 28.9. The van der Waals surface area contributed by atoms with Gasteiger partial charge in [0.15, 0.2) is 0 Å². The Morgan fingerprint density at radius 3 is 1.97 bits per heavy atom. The number of rotatable bonds is 6. The van der Waals surface area contributed by atoms with Crippen molar-refractivity contribution in [3.8, 4) is 0 Å². The fraction of sp³-hybridized carbons (Fsp3) is 0.182. The van der Waals surface area contributed by atoms with Crippen molar-refractivity contribution in [2.75, 3.05) is 17.1 Å². The van der Waals surface area contributed by atoms with Gasteiger partial charge in [0.2, 0.25) is 10.0 Å². The van der Waals surface area contributed by atoms with Gasteiger partial charge in [-0.25, -0.2) is 8.42 Å². The Kier molecular flexibility index (Phi) is 5.38. The van der Waals surface area contributed by atoms with Gasteiger partial charge in [-0.2, -0.15) is 0 Å². The van der Waals surface area contributed by atoms with Crippen LogP contribution < -0.4 is 4.31 Å². The average Bonchev–Trinajstić information content (AvgIpc) is 3.00. The zero-order valence-electron chi connectivity index (χ0n) is 15.9. The monoisotopic (exact) mass is 472 g/mol. The van der Waals surface area contributed by atoms with E-state index in [1.807, 2.05) is 36.4 Å². The highest BCUT2D eigenvalue weighted by atomic mass is 79.9. The molecule has 7 heteroatoms. The maximum absolute atomic E-state index is 12.4. The molecule has 0 aliphatic rings. The highest BCUT2D eigenvalue weighted by molar-refractivity contribution is 9.10. The van der Waals surface area contributed by atoms with Crippen LogP contribution in [-0.4, -0.2) is 37.0 Å². The van der Waals surface area contributed by atoms with Crippen LogP contribution in [0.15, 0.2) is 77.3 Å². The summed E-state index contributed by atoms with van der Waals surface area (Å²) in [6, 6.07) is 23.1. The van der Waals surface area contributed by atoms with Crippen molar-refractivity contribution >= 4 is 53.4 Å². The van der Waals surface area contributed by atoms with E-state index in [0.29, 0.717) is 5.69 Å². The van der Waals surface area contributed by atoms with Crippen LogP contribution in [0.3, 0.4) is 0 Å². The predicted octanol–water partition coefficient (Wildman–Crippen LogP) is 4.38. The summed E-state index contributed by atoms with van der Waals surface area (Å²) in [6.07, 6.45) is 0.273. The van der Waals surface area contributed by atoms with Gasteiger partial charge < -0.3 is 9.67 Å². The Hall–Kier alpha value is -2.35. The van der Waals surface area contributed by atoms with Gasteiger partial charge in [0.1, 0.15) is 0 Å². The molecular formula is C22H21BrN2O3S. The van der Waals surface area contributed by atoms with Crippen molar-refractivity contribution < 1.29 is 13.5 Å². The molecule has 0 bridgehead atoms. The van der Waals surface area contributed by atoms with Crippen molar-refractivity contribution in [3.63, 3.8) is 0 Å². The Morgan fingerprint density at radius 2 is 1.45 bits per heavy atom. The van der Waals surface area contributed by atoms with Crippen LogP contribution in [0.25, 0.3) is 21.8 Å². The maximum Gasteiger partial charge on any atom is 0.232 e. The second kappa shape index (κ2) is 7.82. The van der Waals surface area contributed by atoms with Gasteiger partial charge in [0, 0.05) is 26.3 Å². The normalized spacial score (nSPS) is 13.1. The molecule has 0 saturated carbocycles. The molecule has 0 radical (unpaired) electrons. The molecule has 0 amide bonds. The first kappa shape index (κ1) is 19.9. The minimum Gasteiger partial charge on any atom is -0.389 e. The van der Waals surface area contributed by atoms with E-state index in [0.717, 1.165) is 32.5 Å². The van der Waals surface area contributed by atoms with E-state index in [4.69, 9.17) is 0 Å². The van der Waals surface area contributed by atoms with Gasteiger partial charge in [-0.1, -0.05) is 52.3 Å². The van der Waals surface area contributed by atoms with E-state index in [1.165, 1.54) is 4.31 Å². The first-order valence-electron chi connectivity index (χ1n) is 9.22. The van der Waals surface area contributed by atoms with Gasteiger partial charge in [-0.05, 0) is 36.4 Å². The molecule has 5 nitrogen and oxygen atoms in total. The van der Waals surface area contributed by atoms with Crippen LogP contribution in [0.1, 0.15) is 0 Å². The number of halogens is 1. The minimum atomic E-state index is -3.54. The molecular weight excluding hydrogens is 452 g/mol. The summed E-state index contributed by atoms with van der Waals surface area (Å²) in [4.78, 5) is 0. The maximum atomic E-state index is 12.4. The lowest BCUT2D eigenvalue weighted by atomic mass is 10.2. The number of aromatic nitrogens is 1. The molecule has 1 atom stereocenters. The number of para-hydroxylation sites is 2. The lowest BCUT2D eigenvalue weighted by molar-refractivity contribution is 0.166. The molecule has 0 aliphatic carbocycles. The highest BCUT2D eigenvalue weighted by Crippen LogP contribution is 2.29. The quantitative estimate of drug-likeness (QED) is 0.452. The van der Waals surface area contributed by atoms with Crippen LogP contribution >= 0.6 is 15.9 Å². The van der Waals surface area contributed by atoms with Crippen LogP contribution in [0.4, 0.5) is 5.69 Å². The Bertz CT molecular complexity index is 1210. The zero-order chi connectivity index (χ0) is 20.6. The third-order valence-electron chi connectivity index (χ3n) is 4.96. The van der Waals surface area contributed by atoms with E-state index >= 15 is 0 Å². The molecule has 4 rings (SSSR count). The van der Waals surface area contributed by atoms with Gasteiger partial charge in [0.05, 0.1) is 31.1 Å². The number of benzene rings is 3. The SMILES string of the molecule is CS(=O)(=O)N(CC(O)Cn1c2ccccc2c2ccccc21)c1ccc(Br)cc1. The molecule has 29 heavy (non-hydrogen) atoms. The predicted molar refractivity (Wildman–Crippen MR) is 122 cm³/mol. The summed E-state index contributed by atoms with van der Waals surface area (Å²) in [5.41, 5.74) is 2.56. The topological polar surface area (TPSA) is 62.5 Å².